The van der Waals surface area contributed by atoms with Crippen LogP contribution in [0.5, 0.6) is 0 Å². The summed E-state index contributed by atoms with van der Waals surface area (Å²) in [4.78, 5) is 32.3. The predicted molar refractivity (Wildman–Crippen MR) is 108 cm³/mol. The first-order valence-corrected chi connectivity index (χ1v) is 9.43. The molecule has 0 aliphatic rings. The van der Waals surface area contributed by atoms with Gasteiger partial charge in [0.15, 0.2) is 22.9 Å². The summed E-state index contributed by atoms with van der Waals surface area (Å²) in [5.41, 5.74) is 2.42. The molecule has 2 aromatic heterocycles. The number of carbonyl (C=O) groups is 2. The van der Waals surface area contributed by atoms with Crippen molar-refractivity contribution in [3.8, 4) is 11.3 Å². The van der Waals surface area contributed by atoms with Crippen molar-refractivity contribution in [1.82, 2.24) is 9.97 Å². The van der Waals surface area contributed by atoms with Crippen molar-refractivity contribution in [3.63, 3.8) is 0 Å². The molecular formula is C21H20ClN3O4. The Labute approximate surface area is 173 Å². The minimum atomic E-state index is -0.980. The maximum Gasteiger partial charge on any atom is 0.307 e. The van der Waals surface area contributed by atoms with E-state index >= 15 is 0 Å². The summed E-state index contributed by atoms with van der Waals surface area (Å²) in [6.07, 6.45) is 2.46. The number of rotatable bonds is 7. The minimum Gasteiger partial charge on any atom is -0.453 e. The number of aryl methyl sites for hydroxylation is 2. The smallest absolute Gasteiger partial charge is 0.307 e. The molecule has 0 unspecified atom stereocenters. The molecule has 0 bridgehead atoms. The summed E-state index contributed by atoms with van der Waals surface area (Å²) in [7, 11) is 0. The number of amides is 1. The Morgan fingerprint density at radius 3 is 2.69 bits per heavy atom. The molecule has 29 heavy (non-hydrogen) atoms. The van der Waals surface area contributed by atoms with E-state index in [1.807, 2.05) is 31.2 Å². The van der Waals surface area contributed by atoms with Gasteiger partial charge < -0.3 is 14.5 Å². The van der Waals surface area contributed by atoms with Crippen LogP contribution in [0, 0.1) is 6.92 Å². The van der Waals surface area contributed by atoms with E-state index in [0.29, 0.717) is 17.3 Å². The molecule has 150 valence electrons. The fourth-order valence-electron chi connectivity index (χ4n) is 2.51. The van der Waals surface area contributed by atoms with Crippen molar-refractivity contribution in [2.45, 2.75) is 32.8 Å². The van der Waals surface area contributed by atoms with E-state index in [1.54, 1.807) is 18.3 Å². The van der Waals surface area contributed by atoms with Crippen molar-refractivity contribution in [3.05, 3.63) is 65.4 Å². The van der Waals surface area contributed by atoms with Crippen LogP contribution in [0.25, 0.3) is 11.3 Å². The Bertz CT molecular complexity index is 1000. The SMILES string of the molecule is Cc1ccc(-c2cnc(CCC(=O)O[C@@H](C)C(=O)Nc3cccnc3Cl)o2)cc1. The van der Waals surface area contributed by atoms with Gasteiger partial charge in [-0.3, -0.25) is 9.59 Å². The van der Waals surface area contributed by atoms with Crippen molar-refractivity contribution in [2.75, 3.05) is 5.32 Å². The van der Waals surface area contributed by atoms with Crippen LogP contribution in [0.1, 0.15) is 24.8 Å². The highest BCUT2D eigenvalue weighted by molar-refractivity contribution is 6.32. The van der Waals surface area contributed by atoms with Crippen LogP contribution in [0.2, 0.25) is 5.15 Å². The third-order valence-corrected chi connectivity index (χ3v) is 4.43. The molecule has 0 fully saturated rings. The number of pyridine rings is 1. The summed E-state index contributed by atoms with van der Waals surface area (Å²) in [5.74, 6) is 0.0392. The lowest BCUT2D eigenvalue weighted by molar-refractivity contribution is -0.153. The average Bonchev–Trinajstić information content (AvgIpc) is 3.17. The number of nitrogens with one attached hydrogen (secondary N) is 1. The highest BCUT2D eigenvalue weighted by Crippen LogP contribution is 2.21. The van der Waals surface area contributed by atoms with Gasteiger partial charge >= 0.3 is 5.97 Å². The van der Waals surface area contributed by atoms with Gasteiger partial charge in [-0.2, -0.15) is 0 Å². The normalized spacial score (nSPS) is 11.7. The van der Waals surface area contributed by atoms with E-state index in [0.717, 1.165) is 11.1 Å². The monoisotopic (exact) mass is 413 g/mol. The Morgan fingerprint density at radius 1 is 1.21 bits per heavy atom. The average molecular weight is 414 g/mol. The summed E-state index contributed by atoms with van der Waals surface area (Å²) in [6.45, 7) is 3.49. The number of nitrogens with zero attached hydrogens (tertiary/aromatic N) is 2. The predicted octanol–water partition coefficient (Wildman–Crippen LogP) is 4.20. The molecule has 3 rings (SSSR count). The van der Waals surface area contributed by atoms with Crippen molar-refractivity contribution >= 4 is 29.2 Å². The summed E-state index contributed by atoms with van der Waals surface area (Å²) in [6, 6.07) is 11.1. The Hall–Kier alpha value is -3.19. The third-order valence-electron chi connectivity index (χ3n) is 4.13. The van der Waals surface area contributed by atoms with Gasteiger partial charge in [-0.05, 0) is 26.0 Å². The molecule has 0 saturated carbocycles. The molecule has 0 radical (unpaired) electrons. The second-order valence-electron chi connectivity index (χ2n) is 6.45. The van der Waals surface area contributed by atoms with E-state index in [9.17, 15) is 9.59 Å². The summed E-state index contributed by atoms with van der Waals surface area (Å²) in [5, 5.41) is 2.73. The molecule has 8 heteroatoms. The first kappa shape index (κ1) is 20.5. The third kappa shape index (κ3) is 5.65. The van der Waals surface area contributed by atoms with Crippen LogP contribution >= 0.6 is 11.6 Å². The fraction of sp³-hybridized carbons (Fsp3) is 0.238. The van der Waals surface area contributed by atoms with Crippen molar-refractivity contribution < 1.29 is 18.7 Å². The van der Waals surface area contributed by atoms with Crippen LogP contribution in [0.4, 0.5) is 5.69 Å². The lowest BCUT2D eigenvalue weighted by Crippen LogP contribution is -2.30. The molecule has 0 spiro atoms. The first-order chi connectivity index (χ1) is 13.9. The quantitative estimate of drug-likeness (QED) is 0.460. The summed E-state index contributed by atoms with van der Waals surface area (Å²) >= 11 is 5.90. The van der Waals surface area contributed by atoms with Gasteiger partial charge in [-0.25, -0.2) is 9.97 Å². The van der Waals surface area contributed by atoms with Crippen molar-refractivity contribution in [1.29, 1.82) is 0 Å². The first-order valence-electron chi connectivity index (χ1n) is 9.05. The lowest BCUT2D eigenvalue weighted by atomic mass is 10.1. The second kappa shape index (κ2) is 9.34. The number of esters is 1. The van der Waals surface area contributed by atoms with Crippen molar-refractivity contribution in [2.24, 2.45) is 0 Å². The zero-order valence-electron chi connectivity index (χ0n) is 16.0. The fourth-order valence-corrected chi connectivity index (χ4v) is 2.68. The molecule has 0 aliphatic heterocycles. The van der Waals surface area contributed by atoms with E-state index < -0.39 is 18.0 Å². The number of carbonyl (C=O) groups excluding carboxylic acids is 2. The lowest BCUT2D eigenvalue weighted by Gasteiger charge is -2.13. The second-order valence-corrected chi connectivity index (χ2v) is 6.81. The van der Waals surface area contributed by atoms with Crippen LogP contribution in [0.15, 0.2) is 53.2 Å². The number of halogens is 1. The van der Waals surface area contributed by atoms with Gasteiger partial charge in [0.05, 0.1) is 18.3 Å². The number of benzene rings is 1. The molecular weight excluding hydrogens is 394 g/mol. The van der Waals surface area contributed by atoms with E-state index in [2.05, 4.69) is 15.3 Å². The van der Waals surface area contributed by atoms with Gasteiger partial charge in [0.1, 0.15) is 0 Å². The highest BCUT2D eigenvalue weighted by Gasteiger charge is 2.19. The molecule has 3 aromatic rings. The number of aromatic nitrogens is 2. The Kier molecular flexibility index (Phi) is 6.61. The zero-order chi connectivity index (χ0) is 20.8. The molecule has 0 aliphatic carbocycles. The zero-order valence-corrected chi connectivity index (χ0v) is 16.8. The van der Waals surface area contributed by atoms with Crippen LogP contribution in [0.3, 0.4) is 0 Å². The van der Waals surface area contributed by atoms with Gasteiger partial charge in [0.25, 0.3) is 5.91 Å². The minimum absolute atomic E-state index is 0.0408. The largest absolute Gasteiger partial charge is 0.453 e. The number of anilines is 1. The van der Waals surface area contributed by atoms with Gasteiger partial charge in [-0.15, -0.1) is 0 Å². The van der Waals surface area contributed by atoms with Crippen LogP contribution < -0.4 is 5.32 Å². The number of oxazole rings is 1. The summed E-state index contributed by atoms with van der Waals surface area (Å²) < 4.78 is 10.9. The van der Waals surface area contributed by atoms with Gasteiger partial charge in [0.2, 0.25) is 0 Å². The molecule has 1 atom stereocenters. The Morgan fingerprint density at radius 2 is 1.97 bits per heavy atom. The molecule has 1 N–H and O–H groups in total. The number of ether oxygens (including phenoxy) is 1. The molecule has 2 heterocycles. The standard InChI is InChI=1S/C21H20ClN3O4/c1-13-5-7-15(8-6-13)17-12-24-18(29-17)9-10-19(26)28-14(2)21(27)25-16-4-3-11-23-20(16)22/h3-8,11-12,14H,9-10H2,1-2H3,(H,25,27)/t14-/m0/s1. The topological polar surface area (TPSA) is 94.3 Å². The molecule has 1 amide bonds. The molecule has 7 nitrogen and oxygen atoms in total. The van der Waals surface area contributed by atoms with E-state index in [1.165, 1.54) is 13.1 Å². The van der Waals surface area contributed by atoms with Gasteiger partial charge in [0, 0.05) is 18.2 Å². The maximum absolute atomic E-state index is 12.2. The molecule has 1 aromatic carbocycles. The maximum atomic E-state index is 12.2. The highest BCUT2D eigenvalue weighted by atomic mass is 35.5. The van der Waals surface area contributed by atoms with E-state index in [4.69, 9.17) is 20.8 Å². The number of hydrogen-bond acceptors (Lipinski definition) is 6. The Balaban J connectivity index is 1.49. The van der Waals surface area contributed by atoms with E-state index in [-0.39, 0.29) is 18.0 Å². The van der Waals surface area contributed by atoms with Crippen LogP contribution in [-0.4, -0.2) is 27.9 Å². The van der Waals surface area contributed by atoms with Crippen LogP contribution in [-0.2, 0) is 20.7 Å². The van der Waals surface area contributed by atoms with Gasteiger partial charge in [-0.1, -0.05) is 41.4 Å². The molecule has 0 saturated heterocycles. The number of hydrogen-bond donors (Lipinski definition) is 1.